The minimum atomic E-state index is 0.885. The number of fused-ring (bicyclic) bond motifs is 2. The highest BCUT2D eigenvalue weighted by atomic mass is 79.9. The number of benzene rings is 2. The number of nitrogens with zero attached hydrogens (tertiary/aromatic N) is 3. The van der Waals surface area contributed by atoms with Crippen molar-refractivity contribution in [2.24, 2.45) is 0 Å². The zero-order valence-corrected chi connectivity index (χ0v) is 16.5. The molecule has 0 aliphatic heterocycles. The minimum absolute atomic E-state index is 0.885. The molecule has 122 valence electrons. The van der Waals surface area contributed by atoms with E-state index in [0.29, 0.717) is 0 Å². The molecule has 0 saturated carbocycles. The molecule has 0 radical (unpaired) electrons. The van der Waals surface area contributed by atoms with E-state index < -0.39 is 0 Å². The second-order valence-corrected chi connectivity index (χ2v) is 7.52. The first-order valence-electron chi connectivity index (χ1n) is 8.33. The predicted molar refractivity (Wildman–Crippen MR) is 104 cm³/mol. The lowest BCUT2D eigenvalue weighted by atomic mass is 10.1. The van der Waals surface area contributed by atoms with E-state index in [1.165, 1.54) is 42.9 Å². The molecular weight excluding hydrogens is 418 g/mol. The summed E-state index contributed by atoms with van der Waals surface area (Å²) in [5.41, 5.74) is 1.86. The topological polar surface area (TPSA) is 30.7 Å². The average molecular weight is 439 g/mol. The first kappa shape index (κ1) is 16.9. The third-order valence-corrected chi connectivity index (χ3v) is 5.79. The summed E-state index contributed by atoms with van der Waals surface area (Å²) in [5, 5.41) is 11.7. The fraction of sp³-hybridized carbons (Fsp3) is 0.444. The number of hydrogen-bond acceptors (Lipinski definition) is 2. The second-order valence-electron chi connectivity index (χ2n) is 5.93. The lowest BCUT2D eigenvalue weighted by molar-refractivity contribution is 0.488. The van der Waals surface area contributed by atoms with Crippen LogP contribution in [0.5, 0.6) is 0 Å². The van der Waals surface area contributed by atoms with Gasteiger partial charge in [0.05, 0.1) is 15.5 Å². The molecule has 0 bridgehead atoms. The van der Waals surface area contributed by atoms with Crippen LogP contribution in [0.2, 0.25) is 0 Å². The molecule has 5 heteroatoms. The molecule has 2 aromatic carbocycles. The Morgan fingerprint density at radius 2 is 1.35 bits per heavy atom. The van der Waals surface area contributed by atoms with E-state index in [9.17, 15) is 0 Å². The van der Waals surface area contributed by atoms with Gasteiger partial charge < -0.3 is 0 Å². The SMILES string of the molecule is CCCCCCCCn1nc2c(Br)c3ccccc3c(Br)c2n1. The summed E-state index contributed by atoms with van der Waals surface area (Å²) in [4.78, 5) is 1.85. The Balaban J connectivity index is 1.80. The predicted octanol–water partition coefficient (Wildman–Crippen LogP) is 6.47. The maximum absolute atomic E-state index is 4.69. The zero-order chi connectivity index (χ0) is 16.2. The van der Waals surface area contributed by atoms with Crippen molar-refractivity contribution >= 4 is 53.7 Å². The maximum atomic E-state index is 4.69. The largest absolute Gasteiger partial charge is 0.184 e. The van der Waals surface area contributed by atoms with E-state index in [2.05, 4.69) is 61.1 Å². The highest BCUT2D eigenvalue weighted by molar-refractivity contribution is 9.11. The molecule has 0 aliphatic rings. The van der Waals surface area contributed by atoms with Gasteiger partial charge in [-0.15, -0.1) is 0 Å². The van der Waals surface area contributed by atoms with Crippen LogP contribution in [-0.2, 0) is 6.54 Å². The standard InChI is InChI=1S/C18H21Br2N3/c1-2-3-4-5-6-9-12-23-21-17-15(19)13-10-7-8-11-14(13)16(20)18(17)22-23/h7-8,10-11H,2-6,9,12H2,1H3. The van der Waals surface area contributed by atoms with Crippen LogP contribution >= 0.6 is 31.9 Å². The molecule has 0 amide bonds. The minimum Gasteiger partial charge on any atom is -0.184 e. The highest BCUT2D eigenvalue weighted by Crippen LogP contribution is 2.37. The van der Waals surface area contributed by atoms with Crippen molar-refractivity contribution in [2.45, 2.75) is 52.0 Å². The molecule has 0 fully saturated rings. The van der Waals surface area contributed by atoms with E-state index in [4.69, 9.17) is 0 Å². The number of rotatable bonds is 7. The molecule has 1 heterocycles. The van der Waals surface area contributed by atoms with Crippen LogP contribution in [0.1, 0.15) is 45.4 Å². The van der Waals surface area contributed by atoms with Crippen molar-refractivity contribution in [1.82, 2.24) is 15.0 Å². The number of hydrogen-bond donors (Lipinski definition) is 0. The van der Waals surface area contributed by atoms with Gasteiger partial charge in [-0.1, -0.05) is 63.3 Å². The van der Waals surface area contributed by atoms with Gasteiger partial charge in [0, 0.05) is 0 Å². The molecule has 0 N–H and O–H groups in total. The van der Waals surface area contributed by atoms with E-state index in [0.717, 1.165) is 32.9 Å². The summed E-state index contributed by atoms with van der Waals surface area (Å²) in [7, 11) is 0. The molecule has 23 heavy (non-hydrogen) atoms. The molecule has 3 aromatic rings. The molecule has 1 aromatic heterocycles. The normalized spacial score (nSPS) is 11.6. The fourth-order valence-corrected chi connectivity index (χ4v) is 4.12. The van der Waals surface area contributed by atoms with Gasteiger partial charge in [-0.3, -0.25) is 0 Å². The average Bonchev–Trinajstić information content (AvgIpc) is 3.00. The van der Waals surface area contributed by atoms with E-state index in [1.807, 2.05) is 16.9 Å². The van der Waals surface area contributed by atoms with E-state index in [1.54, 1.807) is 0 Å². The summed E-state index contributed by atoms with van der Waals surface area (Å²) in [6, 6.07) is 8.31. The molecular formula is C18H21Br2N3. The lowest BCUT2D eigenvalue weighted by Gasteiger charge is -2.03. The maximum Gasteiger partial charge on any atom is 0.129 e. The highest BCUT2D eigenvalue weighted by Gasteiger charge is 2.15. The van der Waals surface area contributed by atoms with Crippen molar-refractivity contribution in [3.8, 4) is 0 Å². The number of aryl methyl sites for hydroxylation is 1. The van der Waals surface area contributed by atoms with Gasteiger partial charge >= 0.3 is 0 Å². The van der Waals surface area contributed by atoms with Crippen molar-refractivity contribution in [2.75, 3.05) is 0 Å². The Hall–Kier alpha value is -0.940. The van der Waals surface area contributed by atoms with Crippen LogP contribution in [0.15, 0.2) is 33.2 Å². The third-order valence-electron chi connectivity index (χ3n) is 4.18. The van der Waals surface area contributed by atoms with Gasteiger partial charge in [-0.25, -0.2) is 0 Å². The lowest BCUT2D eigenvalue weighted by Crippen LogP contribution is -2.02. The van der Waals surface area contributed by atoms with Crippen molar-refractivity contribution in [3.63, 3.8) is 0 Å². The number of halogens is 2. The fourth-order valence-electron chi connectivity index (χ4n) is 2.90. The van der Waals surface area contributed by atoms with Crippen LogP contribution in [-0.4, -0.2) is 15.0 Å². The van der Waals surface area contributed by atoms with Gasteiger partial charge in [-0.2, -0.15) is 15.0 Å². The van der Waals surface area contributed by atoms with Gasteiger partial charge in [-0.05, 0) is 49.1 Å². The Morgan fingerprint density at radius 1 is 0.826 bits per heavy atom. The Kier molecular flexibility index (Phi) is 5.70. The van der Waals surface area contributed by atoms with Gasteiger partial charge in [0.25, 0.3) is 0 Å². The first-order valence-corrected chi connectivity index (χ1v) is 9.91. The molecule has 0 aliphatic carbocycles. The van der Waals surface area contributed by atoms with Crippen LogP contribution in [0.3, 0.4) is 0 Å². The van der Waals surface area contributed by atoms with E-state index in [-0.39, 0.29) is 0 Å². The summed E-state index contributed by atoms with van der Waals surface area (Å²) in [6.07, 6.45) is 7.68. The van der Waals surface area contributed by atoms with Crippen LogP contribution in [0, 0.1) is 0 Å². The van der Waals surface area contributed by atoms with Crippen molar-refractivity contribution in [3.05, 3.63) is 33.2 Å². The molecule has 0 spiro atoms. The summed E-state index contributed by atoms with van der Waals surface area (Å²) < 4.78 is 2.06. The molecule has 0 saturated heterocycles. The summed E-state index contributed by atoms with van der Waals surface area (Å²) in [5.74, 6) is 0. The van der Waals surface area contributed by atoms with Crippen LogP contribution in [0.4, 0.5) is 0 Å². The van der Waals surface area contributed by atoms with Crippen molar-refractivity contribution < 1.29 is 0 Å². The second kappa shape index (κ2) is 7.75. The smallest absolute Gasteiger partial charge is 0.129 e. The molecule has 0 atom stereocenters. The molecule has 3 rings (SSSR count). The van der Waals surface area contributed by atoms with Gasteiger partial charge in [0.15, 0.2) is 0 Å². The van der Waals surface area contributed by atoms with Crippen molar-refractivity contribution in [1.29, 1.82) is 0 Å². The van der Waals surface area contributed by atoms with Gasteiger partial charge in [0.1, 0.15) is 11.0 Å². The third kappa shape index (κ3) is 3.61. The first-order chi connectivity index (χ1) is 11.2. The summed E-state index contributed by atoms with van der Waals surface area (Å²) in [6.45, 7) is 3.13. The Morgan fingerprint density at radius 3 is 1.91 bits per heavy atom. The number of aromatic nitrogens is 3. The van der Waals surface area contributed by atoms with Gasteiger partial charge in [0.2, 0.25) is 0 Å². The number of unbranched alkanes of at least 4 members (excludes halogenated alkanes) is 5. The molecule has 0 unspecified atom stereocenters. The Bertz CT molecular complexity index is 752. The van der Waals surface area contributed by atoms with Crippen LogP contribution < -0.4 is 0 Å². The van der Waals surface area contributed by atoms with E-state index >= 15 is 0 Å². The zero-order valence-electron chi connectivity index (χ0n) is 13.4. The molecule has 3 nitrogen and oxygen atoms in total. The van der Waals surface area contributed by atoms with Crippen LogP contribution in [0.25, 0.3) is 21.8 Å². The monoisotopic (exact) mass is 437 g/mol. The quantitative estimate of drug-likeness (QED) is 0.395. The Labute approximate surface area is 153 Å². The summed E-state index contributed by atoms with van der Waals surface area (Å²) >= 11 is 7.41.